The summed E-state index contributed by atoms with van der Waals surface area (Å²) in [6.07, 6.45) is 2.65. The minimum Gasteiger partial charge on any atom is -0.497 e. The Bertz CT molecular complexity index is 514. The van der Waals surface area contributed by atoms with Crippen molar-refractivity contribution in [2.45, 2.75) is 31.3 Å². The van der Waals surface area contributed by atoms with Crippen LogP contribution in [0.5, 0.6) is 5.75 Å². The summed E-state index contributed by atoms with van der Waals surface area (Å²) >= 11 is 0. The molecular weight excluding hydrogens is 349 g/mol. The highest BCUT2D eigenvalue weighted by molar-refractivity contribution is 5.85. The van der Waals surface area contributed by atoms with E-state index < -0.39 is 0 Å². The number of amides is 1. The van der Waals surface area contributed by atoms with Crippen molar-refractivity contribution in [1.29, 1.82) is 0 Å². The third kappa shape index (κ3) is 6.13. The number of nitrogens with one attached hydrogen (secondary N) is 1. The SMILES string of the molecule is COc1cccc(C(CNC(=O)C2CCC(N)C2)N(C)C)c1.Cl.Cl. The molecule has 0 aliphatic heterocycles. The molecule has 5 nitrogen and oxygen atoms in total. The zero-order chi connectivity index (χ0) is 16.1. The first-order valence-corrected chi connectivity index (χ1v) is 7.85. The monoisotopic (exact) mass is 377 g/mol. The van der Waals surface area contributed by atoms with Gasteiger partial charge in [-0.05, 0) is 51.1 Å². The molecule has 1 fully saturated rings. The molecule has 3 unspecified atom stereocenters. The number of nitrogens with two attached hydrogens (primary N) is 1. The van der Waals surface area contributed by atoms with Crippen molar-refractivity contribution in [1.82, 2.24) is 10.2 Å². The molecule has 7 heteroatoms. The topological polar surface area (TPSA) is 67.6 Å². The van der Waals surface area contributed by atoms with E-state index in [0.29, 0.717) is 6.54 Å². The fourth-order valence-corrected chi connectivity index (χ4v) is 3.04. The first-order valence-electron chi connectivity index (χ1n) is 7.85. The Labute approximate surface area is 157 Å². The predicted octanol–water partition coefficient (Wildman–Crippen LogP) is 2.39. The second-order valence-electron chi connectivity index (χ2n) is 6.27. The number of likely N-dealkylation sites (N-methyl/N-ethyl adjacent to an activating group) is 1. The number of hydrogen-bond acceptors (Lipinski definition) is 4. The summed E-state index contributed by atoms with van der Waals surface area (Å²) in [7, 11) is 5.69. The summed E-state index contributed by atoms with van der Waals surface area (Å²) < 4.78 is 5.28. The number of carbonyl (C=O) groups excluding carboxylic acids is 1. The Balaban J connectivity index is 0.00000264. The van der Waals surface area contributed by atoms with Crippen LogP contribution in [0.2, 0.25) is 0 Å². The second-order valence-corrected chi connectivity index (χ2v) is 6.27. The molecule has 0 saturated heterocycles. The van der Waals surface area contributed by atoms with Crippen molar-refractivity contribution in [2.24, 2.45) is 11.7 Å². The quantitative estimate of drug-likeness (QED) is 0.798. The van der Waals surface area contributed by atoms with Crippen LogP contribution in [-0.4, -0.2) is 44.6 Å². The van der Waals surface area contributed by atoms with Crippen LogP contribution in [0.25, 0.3) is 0 Å². The van der Waals surface area contributed by atoms with Crippen molar-refractivity contribution in [3.05, 3.63) is 29.8 Å². The van der Waals surface area contributed by atoms with Crippen molar-refractivity contribution in [2.75, 3.05) is 27.7 Å². The third-order valence-corrected chi connectivity index (χ3v) is 4.42. The number of carbonyl (C=O) groups is 1. The van der Waals surface area contributed by atoms with Gasteiger partial charge in [0.05, 0.1) is 13.2 Å². The van der Waals surface area contributed by atoms with Gasteiger partial charge in [0, 0.05) is 18.5 Å². The predicted molar refractivity (Wildman–Crippen MR) is 102 cm³/mol. The van der Waals surface area contributed by atoms with Gasteiger partial charge in [0.15, 0.2) is 0 Å². The van der Waals surface area contributed by atoms with E-state index in [9.17, 15) is 4.79 Å². The minimum absolute atomic E-state index is 0. The van der Waals surface area contributed by atoms with E-state index in [0.717, 1.165) is 30.6 Å². The molecule has 1 aliphatic rings. The maximum absolute atomic E-state index is 12.3. The van der Waals surface area contributed by atoms with Crippen molar-refractivity contribution in [3.8, 4) is 5.75 Å². The van der Waals surface area contributed by atoms with E-state index in [1.807, 2.05) is 32.3 Å². The molecule has 24 heavy (non-hydrogen) atoms. The third-order valence-electron chi connectivity index (χ3n) is 4.42. The largest absolute Gasteiger partial charge is 0.497 e. The van der Waals surface area contributed by atoms with Gasteiger partial charge in [-0.25, -0.2) is 0 Å². The standard InChI is InChI=1S/C17H27N3O2.2ClH/c1-20(2)16(12-5-4-6-15(10-12)22-3)11-19-17(21)13-7-8-14(18)9-13;;/h4-6,10,13-14,16H,7-9,11,18H2,1-3H3,(H,19,21);2*1H. The molecular formula is C17H29Cl2N3O2. The summed E-state index contributed by atoms with van der Waals surface area (Å²) in [6.45, 7) is 0.588. The van der Waals surface area contributed by atoms with Crippen molar-refractivity contribution >= 4 is 30.7 Å². The Morgan fingerprint density at radius 3 is 2.62 bits per heavy atom. The van der Waals surface area contributed by atoms with E-state index >= 15 is 0 Å². The summed E-state index contributed by atoms with van der Waals surface area (Å²) in [4.78, 5) is 14.4. The lowest BCUT2D eigenvalue weighted by Gasteiger charge is -2.26. The van der Waals surface area contributed by atoms with E-state index in [-0.39, 0.29) is 48.7 Å². The van der Waals surface area contributed by atoms with E-state index in [1.165, 1.54) is 0 Å². The summed E-state index contributed by atoms with van der Waals surface area (Å²) in [6, 6.07) is 8.28. The first-order chi connectivity index (χ1) is 10.5. The van der Waals surface area contributed by atoms with Gasteiger partial charge in [-0.2, -0.15) is 0 Å². The van der Waals surface area contributed by atoms with Crippen LogP contribution in [0, 0.1) is 5.92 Å². The van der Waals surface area contributed by atoms with Gasteiger partial charge in [0.2, 0.25) is 5.91 Å². The van der Waals surface area contributed by atoms with Gasteiger partial charge >= 0.3 is 0 Å². The molecule has 0 bridgehead atoms. The summed E-state index contributed by atoms with van der Waals surface area (Å²) in [5.41, 5.74) is 7.02. The average molecular weight is 378 g/mol. The zero-order valence-corrected chi connectivity index (χ0v) is 16.2. The van der Waals surface area contributed by atoms with Gasteiger partial charge in [-0.1, -0.05) is 12.1 Å². The van der Waals surface area contributed by atoms with Crippen LogP contribution < -0.4 is 15.8 Å². The molecule has 1 amide bonds. The molecule has 0 spiro atoms. The highest BCUT2D eigenvalue weighted by Gasteiger charge is 2.28. The second kappa shape index (κ2) is 10.8. The fraction of sp³-hybridized carbons (Fsp3) is 0.588. The summed E-state index contributed by atoms with van der Waals surface area (Å²) in [5, 5.41) is 3.09. The average Bonchev–Trinajstić information content (AvgIpc) is 2.94. The van der Waals surface area contributed by atoms with E-state index in [4.69, 9.17) is 10.5 Å². The molecule has 1 saturated carbocycles. The Hall–Kier alpha value is -1.01. The number of halogens is 2. The van der Waals surface area contributed by atoms with Crippen LogP contribution in [0.1, 0.15) is 30.9 Å². The van der Waals surface area contributed by atoms with Crippen LogP contribution in [0.4, 0.5) is 0 Å². The van der Waals surface area contributed by atoms with Crippen molar-refractivity contribution < 1.29 is 9.53 Å². The Morgan fingerprint density at radius 1 is 1.38 bits per heavy atom. The first kappa shape index (κ1) is 23.0. The number of nitrogens with zero attached hydrogens (tertiary/aromatic N) is 1. The van der Waals surface area contributed by atoms with Gasteiger partial charge < -0.3 is 20.7 Å². The molecule has 1 aromatic carbocycles. The van der Waals surface area contributed by atoms with Gasteiger partial charge in [0.1, 0.15) is 5.75 Å². The van der Waals surface area contributed by atoms with Crippen LogP contribution in [-0.2, 0) is 4.79 Å². The molecule has 2 rings (SSSR count). The number of rotatable bonds is 6. The maximum atomic E-state index is 12.3. The smallest absolute Gasteiger partial charge is 0.223 e. The molecule has 1 aliphatic carbocycles. The van der Waals surface area contributed by atoms with E-state index in [1.54, 1.807) is 7.11 Å². The van der Waals surface area contributed by atoms with Crippen molar-refractivity contribution in [3.63, 3.8) is 0 Å². The van der Waals surface area contributed by atoms with Gasteiger partial charge in [-0.3, -0.25) is 4.79 Å². The highest BCUT2D eigenvalue weighted by atomic mass is 35.5. The number of benzene rings is 1. The van der Waals surface area contributed by atoms with Gasteiger partial charge in [0.25, 0.3) is 0 Å². The lowest BCUT2D eigenvalue weighted by molar-refractivity contribution is -0.125. The Morgan fingerprint density at radius 2 is 2.08 bits per heavy atom. The van der Waals surface area contributed by atoms with Crippen LogP contribution >= 0.6 is 24.8 Å². The molecule has 3 atom stereocenters. The maximum Gasteiger partial charge on any atom is 0.223 e. The lowest BCUT2D eigenvalue weighted by atomic mass is 10.0. The fourth-order valence-electron chi connectivity index (χ4n) is 3.04. The lowest BCUT2D eigenvalue weighted by Crippen LogP contribution is -2.37. The zero-order valence-electron chi connectivity index (χ0n) is 14.5. The Kier molecular flexibility index (Phi) is 10.3. The number of ether oxygens (including phenoxy) is 1. The summed E-state index contributed by atoms with van der Waals surface area (Å²) in [5.74, 6) is 1.03. The number of methoxy groups -OCH3 is 1. The molecule has 1 aromatic rings. The molecule has 3 N–H and O–H groups in total. The molecule has 138 valence electrons. The molecule has 0 heterocycles. The molecule has 0 radical (unpaired) electrons. The minimum atomic E-state index is 0. The van der Waals surface area contributed by atoms with Crippen LogP contribution in [0.15, 0.2) is 24.3 Å². The number of hydrogen-bond donors (Lipinski definition) is 2. The molecule has 0 aromatic heterocycles. The normalized spacial score (nSPS) is 20.7. The van der Waals surface area contributed by atoms with Crippen LogP contribution in [0.3, 0.4) is 0 Å². The highest BCUT2D eigenvalue weighted by Crippen LogP contribution is 2.25. The van der Waals surface area contributed by atoms with Gasteiger partial charge in [-0.15, -0.1) is 24.8 Å². The van der Waals surface area contributed by atoms with E-state index in [2.05, 4.69) is 16.3 Å².